The lowest BCUT2D eigenvalue weighted by Crippen LogP contribution is -2.56. The highest BCUT2D eigenvalue weighted by Gasteiger charge is 2.57. The molecule has 3 aliphatic carbocycles. The predicted molar refractivity (Wildman–Crippen MR) is 257 cm³/mol. The number of allylic oxidation sites excluding steroid dienone is 3. The molecular weight excluding hydrogens is 841 g/mol. The van der Waals surface area contributed by atoms with Crippen LogP contribution in [0.1, 0.15) is 84.1 Å². The summed E-state index contributed by atoms with van der Waals surface area (Å²) >= 11 is 0. The molecule has 8 rings (SSSR count). The van der Waals surface area contributed by atoms with Crippen LogP contribution in [0, 0.1) is 23.2 Å². The molecular formula is C50H74N8O8. The molecule has 362 valence electrons. The number of likely N-dealkylation sites (tertiary alicyclic amines) is 1. The van der Waals surface area contributed by atoms with Crippen LogP contribution < -0.4 is 27.0 Å². The highest BCUT2D eigenvalue weighted by Crippen LogP contribution is 2.58. The lowest BCUT2D eigenvalue weighted by molar-refractivity contribution is -0.135. The number of aliphatic hydroxyl groups is 1. The van der Waals surface area contributed by atoms with E-state index in [9.17, 15) is 14.7 Å². The summed E-state index contributed by atoms with van der Waals surface area (Å²) < 4.78 is 29.2. The zero-order chi connectivity index (χ0) is 46.5. The van der Waals surface area contributed by atoms with E-state index in [0.717, 1.165) is 78.7 Å². The van der Waals surface area contributed by atoms with Gasteiger partial charge in [0.2, 0.25) is 5.91 Å². The molecule has 1 spiro atoms. The Balaban J connectivity index is 0.976. The van der Waals surface area contributed by atoms with E-state index in [-0.39, 0.29) is 60.9 Å². The average Bonchev–Trinajstić information content (AvgIpc) is 3.77. The standard InChI is InChI=1S/C50H74N8O8/c1-29(2)43(57-49(61)64-6)48(60)58-19-7-8-41(58)47-54-37-16-13-33(25-38(37)55-47)35-15-14-34(44(65-22-20-62-4)45(35)66-23-21-63-5)31-9-11-32(12-10-31)40-27-52-46(56-40)39-26-50(17-18-50)42(53-39)24-30(3)36(51)28-59/h9,13-16,25,27,29-30,32,36,39,41-47,53-55,59H,7-8,10-12,17-24,26,28,51H2,1-6H3,(H,57,61). The Hall–Kier alpha value is -4.16. The fourth-order valence-electron chi connectivity index (χ4n) is 11.1. The summed E-state index contributed by atoms with van der Waals surface area (Å²) in [6.07, 6.45) is 16.0. The molecule has 0 bridgehead atoms. The molecule has 66 heavy (non-hydrogen) atoms. The van der Waals surface area contributed by atoms with E-state index >= 15 is 0 Å². The summed E-state index contributed by atoms with van der Waals surface area (Å²) in [6, 6.07) is 5.98. The SMILES string of the molecule is COCCOC1C(C2=CCC(C3=NC(C4CC5(CC5)C(CC(C)C(N)CO)N4)N=C3)CC2)=CC=C(c2ccc3c(c2)NC(C2CCCN2C(=O)C(NC(=O)OC)C(C)C)N3)C1OCCOC. The number of anilines is 2. The number of benzene rings is 1. The first kappa shape index (κ1) is 48.3. The van der Waals surface area contributed by atoms with Gasteiger partial charge in [0.05, 0.1) is 69.3 Å². The number of hydrogen-bond donors (Lipinski definition) is 6. The Kier molecular flexibility index (Phi) is 15.7. The van der Waals surface area contributed by atoms with E-state index in [1.54, 1.807) is 14.2 Å². The van der Waals surface area contributed by atoms with Gasteiger partial charge in [-0.15, -0.1) is 0 Å². The molecule has 16 nitrogen and oxygen atoms in total. The number of nitrogens with two attached hydrogens (primary N) is 1. The van der Waals surface area contributed by atoms with Crippen molar-refractivity contribution in [2.24, 2.45) is 38.9 Å². The summed E-state index contributed by atoms with van der Waals surface area (Å²) in [4.78, 5) is 38.1. The van der Waals surface area contributed by atoms with E-state index in [0.29, 0.717) is 50.3 Å². The van der Waals surface area contributed by atoms with Gasteiger partial charge in [-0.25, -0.2) is 4.79 Å². The fraction of sp³-hybridized carbons (Fsp3) is 0.680. The van der Waals surface area contributed by atoms with E-state index in [2.05, 4.69) is 64.6 Å². The third-order valence-electron chi connectivity index (χ3n) is 15.3. The minimum absolute atomic E-state index is 0.0155. The molecule has 1 saturated carbocycles. The molecule has 3 fully saturated rings. The van der Waals surface area contributed by atoms with Crippen molar-refractivity contribution in [3.05, 3.63) is 53.1 Å². The first-order valence-electron chi connectivity index (χ1n) is 24.4. The zero-order valence-electron chi connectivity index (χ0n) is 39.8. The van der Waals surface area contributed by atoms with Gasteiger partial charge in [-0.2, -0.15) is 0 Å². The molecule has 4 aliphatic heterocycles. The Bertz CT molecular complexity index is 2050. The molecule has 0 aromatic heterocycles. The van der Waals surface area contributed by atoms with Crippen LogP contribution in [-0.4, -0.2) is 150 Å². The first-order chi connectivity index (χ1) is 32.0. The van der Waals surface area contributed by atoms with Crippen LogP contribution in [-0.2, 0) is 28.5 Å². The molecule has 0 radical (unpaired) electrons. The molecule has 4 heterocycles. The van der Waals surface area contributed by atoms with E-state index in [4.69, 9.17) is 39.4 Å². The Morgan fingerprint density at radius 2 is 1.71 bits per heavy atom. The van der Waals surface area contributed by atoms with Crippen LogP contribution in [0.4, 0.5) is 16.2 Å². The number of hydrogen-bond acceptors (Lipinski definition) is 14. The smallest absolute Gasteiger partial charge is 0.407 e. The highest BCUT2D eigenvalue weighted by molar-refractivity contribution is 6.32. The maximum absolute atomic E-state index is 13.9. The normalized spacial score (nSPS) is 29.9. The summed E-state index contributed by atoms with van der Waals surface area (Å²) in [5.74, 6) is 0.336. The monoisotopic (exact) mass is 915 g/mol. The Labute approximate surface area is 390 Å². The van der Waals surface area contributed by atoms with Crippen molar-refractivity contribution in [3.63, 3.8) is 0 Å². The lowest BCUT2D eigenvalue weighted by atomic mass is 9.79. The van der Waals surface area contributed by atoms with Crippen LogP contribution in [0.5, 0.6) is 0 Å². The third-order valence-corrected chi connectivity index (χ3v) is 15.3. The van der Waals surface area contributed by atoms with Crippen molar-refractivity contribution >= 4 is 40.9 Å². The maximum atomic E-state index is 13.9. The fourth-order valence-corrected chi connectivity index (χ4v) is 11.1. The largest absolute Gasteiger partial charge is 0.453 e. The summed E-state index contributed by atoms with van der Waals surface area (Å²) in [5.41, 5.74) is 13.9. The van der Waals surface area contributed by atoms with Crippen LogP contribution in [0.3, 0.4) is 0 Å². The highest BCUT2D eigenvalue weighted by atomic mass is 16.6. The van der Waals surface area contributed by atoms with E-state index in [1.165, 1.54) is 25.5 Å². The van der Waals surface area contributed by atoms with Crippen LogP contribution in [0.2, 0.25) is 0 Å². The number of nitrogens with zero attached hydrogens (tertiary/aromatic N) is 3. The molecule has 7 N–H and O–H groups in total. The number of ether oxygens (including phenoxy) is 5. The number of rotatable bonds is 20. The number of carbonyl (C=O) groups excluding carboxylic acids is 2. The number of aliphatic hydroxyl groups excluding tert-OH is 1. The van der Waals surface area contributed by atoms with Crippen molar-refractivity contribution in [1.82, 2.24) is 15.5 Å². The second-order valence-electron chi connectivity index (χ2n) is 19.8. The number of nitrogens with one attached hydrogen (secondary N) is 4. The Morgan fingerprint density at radius 3 is 2.38 bits per heavy atom. The van der Waals surface area contributed by atoms with Gasteiger partial charge >= 0.3 is 6.09 Å². The van der Waals surface area contributed by atoms with Gasteiger partial charge in [0.1, 0.15) is 24.4 Å². The Morgan fingerprint density at radius 1 is 0.985 bits per heavy atom. The molecule has 1 aromatic rings. The molecule has 2 amide bonds. The van der Waals surface area contributed by atoms with Gasteiger partial charge in [0.25, 0.3) is 0 Å². The molecule has 1 aromatic carbocycles. The van der Waals surface area contributed by atoms with Gasteiger partial charge in [-0.05, 0) is 109 Å². The minimum Gasteiger partial charge on any atom is -0.453 e. The second kappa shape index (κ2) is 21.4. The lowest BCUT2D eigenvalue weighted by Gasteiger charge is -2.36. The minimum atomic E-state index is -0.685. The van der Waals surface area contributed by atoms with Crippen molar-refractivity contribution in [2.45, 2.75) is 133 Å². The third kappa shape index (κ3) is 10.4. The molecule has 2 saturated heterocycles. The van der Waals surface area contributed by atoms with Gasteiger partial charge in [-0.3, -0.25) is 14.8 Å². The molecule has 16 heteroatoms. The quantitative estimate of drug-likeness (QED) is 0.0954. The first-order valence-corrected chi connectivity index (χ1v) is 24.4. The van der Waals surface area contributed by atoms with E-state index < -0.39 is 18.2 Å². The number of fused-ring (bicyclic) bond motifs is 1. The molecule has 11 unspecified atom stereocenters. The van der Waals surface area contributed by atoms with Crippen molar-refractivity contribution in [1.29, 1.82) is 0 Å². The molecule has 7 aliphatic rings. The van der Waals surface area contributed by atoms with Crippen molar-refractivity contribution < 1.29 is 38.4 Å². The zero-order valence-corrected chi connectivity index (χ0v) is 39.8. The number of methoxy groups -OCH3 is 3. The summed E-state index contributed by atoms with van der Waals surface area (Å²) in [7, 11) is 4.67. The van der Waals surface area contributed by atoms with Gasteiger partial charge in [0, 0.05) is 45.0 Å². The van der Waals surface area contributed by atoms with Gasteiger partial charge in [-0.1, -0.05) is 45.1 Å². The molecule has 11 atom stereocenters. The average molecular weight is 915 g/mol. The summed E-state index contributed by atoms with van der Waals surface area (Å²) in [6.45, 7) is 8.34. The van der Waals surface area contributed by atoms with Crippen molar-refractivity contribution in [2.75, 3.05) is 71.5 Å². The van der Waals surface area contributed by atoms with Gasteiger partial charge in [0.15, 0.2) is 6.17 Å². The van der Waals surface area contributed by atoms with Crippen LogP contribution in [0.25, 0.3) is 5.57 Å². The second-order valence-corrected chi connectivity index (χ2v) is 19.8. The summed E-state index contributed by atoms with van der Waals surface area (Å²) in [5, 5.41) is 23.6. The number of alkyl carbamates (subject to hydrolysis) is 1. The van der Waals surface area contributed by atoms with E-state index in [1.807, 2.05) is 25.0 Å². The topological polar surface area (TPSA) is 203 Å². The van der Waals surface area contributed by atoms with Crippen LogP contribution >= 0.6 is 0 Å². The number of amides is 2. The number of aliphatic imine (C=N–C) groups is 2. The predicted octanol–water partition coefficient (Wildman–Crippen LogP) is 5.04. The number of carbonyl (C=O) groups is 2. The van der Waals surface area contributed by atoms with Gasteiger partial charge < -0.3 is 60.7 Å². The van der Waals surface area contributed by atoms with Crippen LogP contribution in [0.15, 0.2) is 57.6 Å². The maximum Gasteiger partial charge on any atom is 0.407 e. The van der Waals surface area contributed by atoms with Crippen molar-refractivity contribution in [3.8, 4) is 0 Å².